The Hall–Kier alpha value is -0.470. The maximum absolute atomic E-state index is 13.1. The van der Waals surface area contributed by atoms with Crippen molar-refractivity contribution in [1.82, 2.24) is 0 Å². The van der Waals surface area contributed by atoms with Crippen LogP contribution in [-0.2, 0) is 4.79 Å². The number of carbonyl (C=O) groups excluding carboxylic acids is 1. The summed E-state index contributed by atoms with van der Waals surface area (Å²) in [4.78, 5) is 10.6. The van der Waals surface area contributed by atoms with Crippen molar-refractivity contribution in [3.05, 3.63) is 0 Å². The molecule has 0 amide bonds. The third-order valence-electron chi connectivity index (χ3n) is 3.12. The summed E-state index contributed by atoms with van der Waals surface area (Å²) >= 11 is 0. The summed E-state index contributed by atoms with van der Waals surface area (Å²) < 4.78 is 26.2. The van der Waals surface area contributed by atoms with Crippen molar-refractivity contribution in [3.63, 3.8) is 0 Å². The topological polar surface area (TPSA) is 17.1 Å². The number of hydrogen-bond acceptors (Lipinski definition) is 1. The Balaban J connectivity index is 2.67. The quantitative estimate of drug-likeness (QED) is 0.623. The monoisotopic (exact) mass is 190 g/mol. The summed E-state index contributed by atoms with van der Waals surface area (Å²) in [5, 5.41) is 0. The zero-order valence-corrected chi connectivity index (χ0v) is 8.36. The van der Waals surface area contributed by atoms with E-state index in [2.05, 4.69) is 0 Å². The number of aldehydes is 1. The summed E-state index contributed by atoms with van der Waals surface area (Å²) in [5.74, 6) is -2.72. The molecule has 76 valence electrons. The predicted molar refractivity (Wildman–Crippen MR) is 46.8 cm³/mol. The van der Waals surface area contributed by atoms with Crippen LogP contribution in [0.25, 0.3) is 0 Å². The van der Waals surface area contributed by atoms with E-state index in [9.17, 15) is 13.6 Å². The average molecular weight is 190 g/mol. The lowest BCUT2D eigenvalue weighted by atomic mass is 9.77. The second-order valence-corrected chi connectivity index (χ2v) is 4.93. The van der Waals surface area contributed by atoms with Crippen molar-refractivity contribution >= 4 is 6.29 Å². The molecule has 1 nitrogen and oxygen atoms in total. The highest BCUT2D eigenvalue weighted by Crippen LogP contribution is 2.55. The molecule has 0 N–H and O–H groups in total. The van der Waals surface area contributed by atoms with Crippen LogP contribution in [0.4, 0.5) is 8.78 Å². The SMILES string of the molecule is CC(F)(F)C(C)(C)CC1(C=O)CC1. The van der Waals surface area contributed by atoms with E-state index >= 15 is 0 Å². The van der Waals surface area contributed by atoms with E-state index in [1.54, 1.807) is 0 Å². The number of carbonyl (C=O) groups is 1. The molecule has 0 bridgehead atoms. The molecule has 0 aliphatic heterocycles. The number of hydrogen-bond donors (Lipinski definition) is 0. The largest absolute Gasteiger partial charge is 0.303 e. The van der Waals surface area contributed by atoms with Crippen LogP contribution in [0.3, 0.4) is 0 Å². The standard InChI is InChI=1S/C10H16F2O/c1-8(2,9(3,11)12)6-10(7-13)4-5-10/h7H,4-6H2,1-3H3. The molecular formula is C10H16F2O. The fraction of sp³-hybridized carbons (Fsp3) is 0.900. The van der Waals surface area contributed by atoms with Crippen LogP contribution in [0.2, 0.25) is 0 Å². The normalized spacial score (nSPS) is 21.3. The van der Waals surface area contributed by atoms with Crippen LogP contribution < -0.4 is 0 Å². The van der Waals surface area contributed by atoms with E-state index in [-0.39, 0.29) is 0 Å². The summed E-state index contributed by atoms with van der Waals surface area (Å²) in [6, 6.07) is 0. The van der Waals surface area contributed by atoms with Gasteiger partial charge in [-0.1, -0.05) is 13.8 Å². The van der Waals surface area contributed by atoms with Gasteiger partial charge in [0.15, 0.2) is 0 Å². The van der Waals surface area contributed by atoms with Gasteiger partial charge >= 0.3 is 0 Å². The summed E-state index contributed by atoms with van der Waals surface area (Å²) in [5.41, 5.74) is -1.51. The average Bonchev–Trinajstić information content (AvgIpc) is 2.66. The maximum atomic E-state index is 13.1. The van der Waals surface area contributed by atoms with E-state index in [4.69, 9.17) is 0 Å². The van der Waals surface area contributed by atoms with E-state index < -0.39 is 16.8 Å². The van der Waals surface area contributed by atoms with Crippen LogP contribution in [0, 0.1) is 10.8 Å². The lowest BCUT2D eigenvalue weighted by Crippen LogP contribution is -2.36. The van der Waals surface area contributed by atoms with Crippen molar-refractivity contribution in [1.29, 1.82) is 0 Å². The molecule has 0 aromatic heterocycles. The van der Waals surface area contributed by atoms with Gasteiger partial charge in [-0.05, 0) is 26.2 Å². The maximum Gasteiger partial charge on any atom is 0.250 e. The smallest absolute Gasteiger partial charge is 0.250 e. The summed E-state index contributed by atoms with van der Waals surface area (Å²) in [7, 11) is 0. The molecule has 1 rings (SSSR count). The Morgan fingerprint density at radius 2 is 1.77 bits per heavy atom. The van der Waals surface area contributed by atoms with Gasteiger partial charge in [0.25, 0.3) is 0 Å². The molecule has 0 atom stereocenters. The second-order valence-electron chi connectivity index (χ2n) is 4.93. The first-order chi connectivity index (χ1) is 5.72. The van der Waals surface area contributed by atoms with Gasteiger partial charge in [-0.15, -0.1) is 0 Å². The first-order valence-corrected chi connectivity index (χ1v) is 4.57. The van der Waals surface area contributed by atoms with Crippen molar-refractivity contribution in [2.75, 3.05) is 0 Å². The van der Waals surface area contributed by atoms with E-state index in [0.29, 0.717) is 6.42 Å². The highest BCUT2D eigenvalue weighted by atomic mass is 19.3. The lowest BCUT2D eigenvalue weighted by Gasteiger charge is -2.33. The number of alkyl halides is 2. The van der Waals surface area contributed by atoms with Gasteiger partial charge in [0.1, 0.15) is 6.29 Å². The van der Waals surface area contributed by atoms with Crippen molar-refractivity contribution in [2.24, 2.45) is 10.8 Å². The molecule has 0 unspecified atom stereocenters. The molecule has 0 aromatic rings. The fourth-order valence-corrected chi connectivity index (χ4v) is 1.53. The molecule has 3 heteroatoms. The van der Waals surface area contributed by atoms with Crippen LogP contribution in [0.1, 0.15) is 40.0 Å². The minimum absolute atomic E-state index is 0.299. The van der Waals surface area contributed by atoms with Crippen LogP contribution in [0.15, 0.2) is 0 Å². The molecule has 13 heavy (non-hydrogen) atoms. The predicted octanol–water partition coefficient (Wildman–Crippen LogP) is 3.04. The molecule has 0 saturated heterocycles. The molecule has 1 aliphatic rings. The molecule has 0 radical (unpaired) electrons. The Morgan fingerprint density at radius 1 is 1.31 bits per heavy atom. The fourth-order valence-electron chi connectivity index (χ4n) is 1.53. The lowest BCUT2D eigenvalue weighted by molar-refractivity contribution is -0.121. The Bertz CT molecular complexity index is 211. The highest BCUT2D eigenvalue weighted by Gasteiger charge is 2.52. The van der Waals surface area contributed by atoms with Gasteiger partial charge in [0.2, 0.25) is 5.92 Å². The van der Waals surface area contributed by atoms with Crippen LogP contribution in [0.5, 0.6) is 0 Å². The second kappa shape index (κ2) is 2.76. The molecule has 0 heterocycles. The Kier molecular flexibility index (Phi) is 2.25. The molecule has 1 fully saturated rings. The van der Waals surface area contributed by atoms with Crippen LogP contribution >= 0.6 is 0 Å². The molecule has 0 spiro atoms. The van der Waals surface area contributed by atoms with Gasteiger partial charge in [-0.2, -0.15) is 0 Å². The number of rotatable bonds is 4. The summed E-state index contributed by atoms with van der Waals surface area (Å²) in [6.45, 7) is 3.97. The zero-order chi connectivity index (χ0) is 10.3. The third-order valence-corrected chi connectivity index (χ3v) is 3.12. The van der Waals surface area contributed by atoms with Gasteiger partial charge in [-0.25, -0.2) is 8.78 Å². The minimum Gasteiger partial charge on any atom is -0.303 e. The Morgan fingerprint density at radius 3 is 2.00 bits per heavy atom. The third kappa shape index (κ3) is 2.06. The van der Waals surface area contributed by atoms with Gasteiger partial charge in [0, 0.05) is 10.8 Å². The number of halogens is 2. The molecule has 1 aliphatic carbocycles. The molecule has 0 aromatic carbocycles. The summed E-state index contributed by atoms with van der Waals surface area (Å²) in [6.07, 6.45) is 2.69. The van der Waals surface area contributed by atoms with Crippen molar-refractivity contribution in [2.45, 2.75) is 46.0 Å². The zero-order valence-electron chi connectivity index (χ0n) is 8.36. The van der Waals surface area contributed by atoms with E-state index in [1.165, 1.54) is 13.8 Å². The first kappa shape index (κ1) is 10.6. The first-order valence-electron chi connectivity index (χ1n) is 4.57. The van der Waals surface area contributed by atoms with E-state index in [1.807, 2.05) is 0 Å². The molecular weight excluding hydrogens is 174 g/mol. The molecule has 1 saturated carbocycles. The van der Waals surface area contributed by atoms with Crippen molar-refractivity contribution < 1.29 is 13.6 Å². The highest BCUT2D eigenvalue weighted by molar-refractivity contribution is 5.63. The van der Waals surface area contributed by atoms with Gasteiger partial charge in [0.05, 0.1) is 0 Å². The van der Waals surface area contributed by atoms with E-state index in [0.717, 1.165) is 26.1 Å². The van der Waals surface area contributed by atoms with Gasteiger partial charge in [-0.3, -0.25) is 0 Å². The Labute approximate surface area is 77.5 Å². The van der Waals surface area contributed by atoms with Crippen molar-refractivity contribution in [3.8, 4) is 0 Å². The minimum atomic E-state index is -2.72. The van der Waals surface area contributed by atoms with Crippen LogP contribution in [-0.4, -0.2) is 12.2 Å². The van der Waals surface area contributed by atoms with Gasteiger partial charge < -0.3 is 4.79 Å².